The van der Waals surface area contributed by atoms with Crippen molar-refractivity contribution in [2.75, 3.05) is 5.73 Å². The van der Waals surface area contributed by atoms with Crippen molar-refractivity contribution in [3.8, 4) is 17.1 Å². The number of hydrogen-bond donors (Lipinski definition) is 3. The summed E-state index contributed by atoms with van der Waals surface area (Å²) in [5, 5.41) is 9.23. The minimum Gasteiger partial charge on any atom is -0.493 e. The molecule has 1 aliphatic carbocycles. The summed E-state index contributed by atoms with van der Waals surface area (Å²) in [6, 6.07) is 5.42. The van der Waals surface area contributed by atoms with Crippen LogP contribution in [0.5, 0.6) is 5.88 Å². The monoisotopic (exact) mass is 149 g/mol. The first-order valence-corrected chi connectivity index (χ1v) is 3.20. The molecule has 11 heavy (non-hydrogen) atoms. The van der Waals surface area contributed by atoms with Gasteiger partial charge in [0.1, 0.15) is 0 Å². The molecule has 1 heterocycles. The summed E-state index contributed by atoms with van der Waals surface area (Å²) < 4.78 is 0. The van der Waals surface area contributed by atoms with Gasteiger partial charge in [-0.05, 0) is 12.1 Å². The minimum atomic E-state index is -0.0266. The smallest absolute Gasteiger partial charge is 0.223 e. The summed E-state index contributed by atoms with van der Waals surface area (Å²) in [5.41, 5.74) is 6.85. The first-order chi connectivity index (χ1) is 5.27. The van der Waals surface area contributed by atoms with Crippen LogP contribution < -0.4 is 5.73 Å². The maximum Gasteiger partial charge on any atom is 0.223 e. The third-order valence-electron chi connectivity index (χ3n) is 1.55. The van der Waals surface area contributed by atoms with E-state index >= 15 is 0 Å². The largest absolute Gasteiger partial charge is 0.493 e. The summed E-state index contributed by atoms with van der Waals surface area (Å²) in [4.78, 5) is 6.47. The van der Waals surface area contributed by atoms with Crippen molar-refractivity contribution < 1.29 is 5.11 Å². The zero-order valence-electron chi connectivity index (χ0n) is 5.70. The highest BCUT2D eigenvalue weighted by Crippen LogP contribution is 2.28. The number of aromatic hydroxyl groups is 1. The van der Waals surface area contributed by atoms with E-state index in [-0.39, 0.29) is 11.8 Å². The van der Waals surface area contributed by atoms with E-state index in [1.54, 1.807) is 6.07 Å². The van der Waals surface area contributed by atoms with E-state index in [9.17, 15) is 5.11 Å². The van der Waals surface area contributed by atoms with Crippen LogP contribution in [0.4, 0.5) is 5.95 Å². The Labute approximate surface area is 63.0 Å². The van der Waals surface area contributed by atoms with E-state index < -0.39 is 0 Å². The zero-order chi connectivity index (χ0) is 7.84. The average Bonchev–Trinajstić information content (AvgIpc) is 2.34. The molecular formula is C7H7N3O. The Hall–Kier alpha value is -1.71. The van der Waals surface area contributed by atoms with Crippen molar-refractivity contribution in [1.82, 2.24) is 9.97 Å². The first kappa shape index (κ1) is 6.03. The third-order valence-corrected chi connectivity index (χ3v) is 1.55. The lowest BCUT2D eigenvalue weighted by Gasteiger charge is -2.02. The van der Waals surface area contributed by atoms with Gasteiger partial charge in [0.2, 0.25) is 11.8 Å². The van der Waals surface area contributed by atoms with Gasteiger partial charge in [0.15, 0.2) is 0 Å². The Morgan fingerprint density at radius 2 is 2.27 bits per heavy atom. The standard InChI is InChI=1S/C7H7N3O/c8-7-9-5-3-1-2-4(5)6(11)10-7/h1-3,11H,(H3,8,9,10). The van der Waals surface area contributed by atoms with Crippen LogP contribution in [0.3, 0.4) is 0 Å². The molecule has 0 fully saturated rings. The van der Waals surface area contributed by atoms with Gasteiger partial charge in [0, 0.05) is 0 Å². The van der Waals surface area contributed by atoms with Gasteiger partial charge in [-0.2, -0.15) is 4.98 Å². The van der Waals surface area contributed by atoms with Gasteiger partial charge in [0.05, 0.1) is 11.3 Å². The van der Waals surface area contributed by atoms with Crippen LogP contribution in [-0.4, -0.2) is 15.1 Å². The number of nitrogens with two attached hydrogens (primary N) is 1. The van der Waals surface area contributed by atoms with Crippen LogP contribution >= 0.6 is 0 Å². The molecule has 0 aromatic carbocycles. The number of nitrogens with one attached hydrogen (secondary N) is 1. The SMILES string of the molecule is Nc1nc(O)c2cccc-2[nH]1. The molecule has 2 rings (SSSR count). The van der Waals surface area contributed by atoms with Gasteiger partial charge < -0.3 is 15.8 Å². The number of aromatic nitrogens is 2. The molecule has 1 aliphatic heterocycles. The lowest BCUT2D eigenvalue weighted by Crippen LogP contribution is -1.96. The van der Waals surface area contributed by atoms with Crippen molar-refractivity contribution in [2.24, 2.45) is 0 Å². The molecule has 0 saturated heterocycles. The lowest BCUT2D eigenvalue weighted by molar-refractivity contribution is 0.455. The summed E-state index contributed by atoms with van der Waals surface area (Å²) in [7, 11) is 0. The summed E-state index contributed by atoms with van der Waals surface area (Å²) in [6.45, 7) is 0. The molecule has 4 N–H and O–H groups in total. The van der Waals surface area contributed by atoms with Crippen molar-refractivity contribution >= 4 is 5.95 Å². The predicted octanol–water partition coefficient (Wildman–Crippen LogP) is 0.802. The fourth-order valence-corrected chi connectivity index (χ4v) is 1.06. The molecule has 0 radical (unpaired) electrons. The van der Waals surface area contributed by atoms with E-state index in [4.69, 9.17) is 5.73 Å². The predicted molar refractivity (Wildman–Crippen MR) is 41.3 cm³/mol. The van der Waals surface area contributed by atoms with Crippen LogP contribution in [-0.2, 0) is 0 Å². The van der Waals surface area contributed by atoms with Crippen molar-refractivity contribution in [2.45, 2.75) is 0 Å². The molecule has 0 amide bonds. The van der Waals surface area contributed by atoms with Crippen LogP contribution in [0.1, 0.15) is 0 Å². The summed E-state index contributed by atoms with van der Waals surface area (Å²) >= 11 is 0. The molecule has 56 valence electrons. The van der Waals surface area contributed by atoms with Gasteiger partial charge in [-0.25, -0.2) is 0 Å². The Balaban J connectivity index is 2.79. The van der Waals surface area contributed by atoms with Crippen LogP contribution in [0.25, 0.3) is 11.3 Å². The molecular weight excluding hydrogens is 142 g/mol. The minimum absolute atomic E-state index is 0.0266. The number of fused-ring (bicyclic) bond motifs is 1. The average molecular weight is 149 g/mol. The third kappa shape index (κ3) is 0.797. The van der Waals surface area contributed by atoms with Crippen molar-refractivity contribution in [3.63, 3.8) is 0 Å². The number of nitrogens with zero attached hydrogens (tertiary/aromatic N) is 1. The van der Waals surface area contributed by atoms with Gasteiger partial charge in [-0.3, -0.25) is 0 Å². The quantitative estimate of drug-likeness (QED) is 0.518. The van der Waals surface area contributed by atoms with Crippen LogP contribution in [0, 0.1) is 0 Å². The molecule has 0 atom stereocenters. The molecule has 0 bridgehead atoms. The molecule has 0 aromatic rings. The molecule has 0 saturated carbocycles. The second-order valence-corrected chi connectivity index (χ2v) is 2.30. The van der Waals surface area contributed by atoms with E-state index in [0.29, 0.717) is 5.56 Å². The van der Waals surface area contributed by atoms with Gasteiger partial charge in [0.25, 0.3) is 0 Å². The van der Waals surface area contributed by atoms with Gasteiger partial charge in [-0.1, -0.05) is 6.07 Å². The Kier molecular flexibility index (Phi) is 1.03. The number of H-pyrrole nitrogens is 1. The first-order valence-electron chi connectivity index (χ1n) is 3.20. The summed E-state index contributed by atoms with van der Waals surface area (Å²) in [6.07, 6.45) is 0. The fraction of sp³-hybridized carbons (Fsp3) is 0. The van der Waals surface area contributed by atoms with E-state index in [2.05, 4.69) is 9.97 Å². The van der Waals surface area contributed by atoms with Gasteiger partial charge in [-0.15, -0.1) is 0 Å². The van der Waals surface area contributed by atoms with Crippen molar-refractivity contribution in [3.05, 3.63) is 18.2 Å². The normalized spacial score (nSPS) is 10.5. The number of rotatable bonds is 0. The van der Waals surface area contributed by atoms with Crippen molar-refractivity contribution in [1.29, 1.82) is 0 Å². The topological polar surface area (TPSA) is 74.9 Å². The maximum absolute atomic E-state index is 9.23. The number of hydrogen-bond acceptors (Lipinski definition) is 3. The molecule has 0 unspecified atom stereocenters. The lowest BCUT2D eigenvalue weighted by atomic mass is 10.3. The van der Waals surface area contributed by atoms with Gasteiger partial charge >= 0.3 is 0 Å². The molecule has 2 aliphatic rings. The Morgan fingerprint density at radius 1 is 1.45 bits per heavy atom. The highest BCUT2D eigenvalue weighted by molar-refractivity contribution is 5.68. The van der Waals surface area contributed by atoms with Crippen LogP contribution in [0.2, 0.25) is 0 Å². The number of aromatic amines is 1. The molecule has 0 spiro atoms. The van der Waals surface area contributed by atoms with E-state index in [0.717, 1.165) is 5.69 Å². The number of nitrogen functional groups attached to an aromatic ring is 1. The fourth-order valence-electron chi connectivity index (χ4n) is 1.06. The van der Waals surface area contributed by atoms with Crippen LogP contribution in [0.15, 0.2) is 18.2 Å². The number of anilines is 1. The molecule has 4 heteroatoms. The zero-order valence-corrected chi connectivity index (χ0v) is 5.70. The maximum atomic E-state index is 9.23. The van der Waals surface area contributed by atoms with E-state index in [1.165, 1.54) is 0 Å². The highest BCUT2D eigenvalue weighted by atomic mass is 16.3. The Bertz CT molecular complexity index is 355. The second kappa shape index (κ2) is 1.88. The van der Waals surface area contributed by atoms with E-state index in [1.807, 2.05) is 12.1 Å². The highest BCUT2D eigenvalue weighted by Gasteiger charge is 2.08. The second-order valence-electron chi connectivity index (χ2n) is 2.30. The molecule has 0 aromatic heterocycles. The Morgan fingerprint density at radius 3 is 3.09 bits per heavy atom. The summed E-state index contributed by atoms with van der Waals surface area (Å²) in [5.74, 6) is 0.197. The molecule has 4 nitrogen and oxygen atoms in total.